The zero-order chi connectivity index (χ0) is 6.69. The molecule has 0 amide bonds. The first-order valence-electron chi connectivity index (χ1n) is 2.81. The first-order chi connectivity index (χ1) is 4.34. The second-order valence-electron chi connectivity index (χ2n) is 1.90. The van der Waals surface area contributed by atoms with Crippen LogP contribution in [0.1, 0.15) is 11.1 Å². The Labute approximate surface area is 53.9 Å². The molecule has 0 spiro atoms. The van der Waals surface area contributed by atoms with Crippen LogP contribution in [0, 0.1) is 6.92 Å². The van der Waals surface area contributed by atoms with Gasteiger partial charge in [-0.05, 0) is 18.1 Å². The molecule has 0 aliphatic rings. The van der Waals surface area contributed by atoms with Crippen molar-refractivity contribution in [2.75, 3.05) is 0 Å². The van der Waals surface area contributed by atoms with Gasteiger partial charge in [-0.15, -0.1) is 0 Å². The maximum absolute atomic E-state index is 5.38. The van der Waals surface area contributed by atoms with Gasteiger partial charge in [0, 0.05) is 6.54 Å². The predicted octanol–water partition coefficient (Wildman–Crippen LogP) is 0.244. The van der Waals surface area contributed by atoms with Crippen LogP contribution >= 0.6 is 0 Å². The third kappa shape index (κ3) is 1.23. The highest BCUT2D eigenvalue weighted by Gasteiger charge is 1.92. The number of rotatable bonds is 1. The minimum atomic E-state index is 0.543. The molecule has 0 aromatic carbocycles. The minimum absolute atomic E-state index is 0.543. The van der Waals surface area contributed by atoms with Crippen LogP contribution in [0.3, 0.4) is 0 Å². The predicted molar refractivity (Wildman–Crippen MR) is 34.7 cm³/mol. The van der Waals surface area contributed by atoms with Crippen LogP contribution in [-0.2, 0) is 6.54 Å². The van der Waals surface area contributed by atoms with Crippen molar-refractivity contribution in [2.45, 2.75) is 13.5 Å². The lowest BCUT2D eigenvalue weighted by molar-refractivity contribution is 0.944. The van der Waals surface area contributed by atoms with E-state index in [1.807, 2.05) is 6.92 Å². The van der Waals surface area contributed by atoms with E-state index in [9.17, 15) is 0 Å². The minimum Gasteiger partial charge on any atom is -0.326 e. The Kier molecular flexibility index (Phi) is 1.75. The van der Waals surface area contributed by atoms with Gasteiger partial charge < -0.3 is 5.73 Å². The van der Waals surface area contributed by atoms with Crippen LogP contribution in [0.5, 0.6) is 0 Å². The molecular weight excluding hydrogens is 114 g/mol. The van der Waals surface area contributed by atoms with Crippen LogP contribution in [0.15, 0.2) is 12.4 Å². The maximum atomic E-state index is 5.38. The van der Waals surface area contributed by atoms with Gasteiger partial charge in [0.1, 0.15) is 0 Å². The Balaban J connectivity index is 3.01. The van der Waals surface area contributed by atoms with E-state index in [0.717, 1.165) is 11.1 Å². The van der Waals surface area contributed by atoms with Crippen molar-refractivity contribution in [1.29, 1.82) is 0 Å². The first kappa shape index (κ1) is 6.16. The van der Waals surface area contributed by atoms with Gasteiger partial charge in [-0.25, -0.2) is 0 Å². The molecule has 0 saturated carbocycles. The molecule has 9 heavy (non-hydrogen) atoms. The lowest BCUT2D eigenvalue weighted by Crippen LogP contribution is -2.00. The van der Waals surface area contributed by atoms with E-state index in [1.165, 1.54) is 0 Å². The van der Waals surface area contributed by atoms with E-state index in [1.54, 1.807) is 12.4 Å². The van der Waals surface area contributed by atoms with Gasteiger partial charge in [-0.3, -0.25) is 0 Å². The summed E-state index contributed by atoms with van der Waals surface area (Å²) in [5.41, 5.74) is 7.55. The number of nitrogens with two attached hydrogens (primary N) is 1. The molecular formula is C6H9N3. The second-order valence-corrected chi connectivity index (χ2v) is 1.90. The maximum Gasteiger partial charge on any atom is 0.0543 e. The van der Waals surface area contributed by atoms with E-state index in [-0.39, 0.29) is 0 Å². The Bertz CT molecular complexity index is 197. The molecule has 0 aliphatic carbocycles. The van der Waals surface area contributed by atoms with E-state index >= 15 is 0 Å². The molecule has 0 unspecified atom stereocenters. The summed E-state index contributed by atoms with van der Waals surface area (Å²) >= 11 is 0. The van der Waals surface area contributed by atoms with Crippen molar-refractivity contribution in [1.82, 2.24) is 10.2 Å². The van der Waals surface area contributed by atoms with E-state index in [0.29, 0.717) is 6.54 Å². The molecule has 48 valence electrons. The summed E-state index contributed by atoms with van der Waals surface area (Å²) in [6.45, 7) is 2.51. The lowest BCUT2D eigenvalue weighted by Gasteiger charge is -1.96. The molecule has 0 aliphatic heterocycles. The molecule has 1 heterocycles. The van der Waals surface area contributed by atoms with Gasteiger partial charge >= 0.3 is 0 Å². The fourth-order valence-electron chi connectivity index (χ4n) is 0.621. The van der Waals surface area contributed by atoms with E-state index < -0.39 is 0 Å². The molecule has 1 aromatic rings. The van der Waals surface area contributed by atoms with E-state index in [2.05, 4.69) is 10.2 Å². The van der Waals surface area contributed by atoms with Gasteiger partial charge in [0.25, 0.3) is 0 Å². The fraction of sp³-hybridized carbons (Fsp3) is 0.333. The van der Waals surface area contributed by atoms with Crippen LogP contribution in [-0.4, -0.2) is 10.2 Å². The monoisotopic (exact) mass is 123 g/mol. The van der Waals surface area contributed by atoms with Crippen LogP contribution in [0.25, 0.3) is 0 Å². The van der Waals surface area contributed by atoms with Crippen molar-refractivity contribution in [3.05, 3.63) is 23.5 Å². The number of aryl methyl sites for hydroxylation is 1. The van der Waals surface area contributed by atoms with Crippen molar-refractivity contribution in [3.63, 3.8) is 0 Å². The Hall–Kier alpha value is -0.960. The van der Waals surface area contributed by atoms with Crippen LogP contribution in [0.2, 0.25) is 0 Å². The summed E-state index contributed by atoms with van der Waals surface area (Å²) < 4.78 is 0. The molecule has 1 rings (SSSR count). The van der Waals surface area contributed by atoms with Gasteiger partial charge in [0.05, 0.1) is 12.4 Å². The van der Waals surface area contributed by atoms with Crippen molar-refractivity contribution < 1.29 is 0 Å². The van der Waals surface area contributed by atoms with Crippen molar-refractivity contribution in [3.8, 4) is 0 Å². The molecule has 0 atom stereocenters. The Morgan fingerprint density at radius 1 is 1.44 bits per heavy atom. The lowest BCUT2D eigenvalue weighted by atomic mass is 10.2. The number of hydrogen-bond acceptors (Lipinski definition) is 3. The standard InChI is InChI=1S/C6H9N3/c1-5-3-8-9-4-6(5)2-7/h3-4H,2,7H2,1H3. The SMILES string of the molecule is Cc1cnncc1CN. The van der Waals surface area contributed by atoms with Crippen LogP contribution in [0.4, 0.5) is 0 Å². The smallest absolute Gasteiger partial charge is 0.0543 e. The molecule has 0 radical (unpaired) electrons. The summed E-state index contributed by atoms with van der Waals surface area (Å²) in [6.07, 6.45) is 3.40. The summed E-state index contributed by atoms with van der Waals surface area (Å²) in [4.78, 5) is 0. The topological polar surface area (TPSA) is 51.8 Å². The molecule has 1 aromatic heterocycles. The summed E-state index contributed by atoms with van der Waals surface area (Å²) in [7, 11) is 0. The van der Waals surface area contributed by atoms with Gasteiger partial charge in [0.15, 0.2) is 0 Å². The number of hydrogen-bond donors (Lipinski definition) is 1. The summed E-state index contributed by atoms with van der Waals surface area (Å²) in [6, 6.07) is 0. The molecule has 2 N–H and O–H groups in total. The Morgan fingerprint density at radius 2 is 2.11 bits per heavy atom. The second kappa shape index (κ2) is 2.55. The highest BCUT2D eigenvalue weighted by Crippen LogP contribution is 1.99. The fourth-order valence-corrected chi connectivity index (χ4v) is 0.621. The van der Waals surface area contributed by atoms with Crippen LogP contribution < -0.4 is 5.73 Å². The zero-order valence-electron chi connectivity index (χ0n) is 5.33. The highest BCUT2D eigenvalue weighted by atomic mass is 15.1. The third-order valence-electron chi connectivity index (χ3n) is 1.26. The quantitative estimate of drug-likeness (QED) is 0.582. The highest BCUT2D eigenvalue weighted by molar-refractivity contribution is 5.17. The number of nitrogens with zero attached hydrogens (tertiary/aromatic N) is 2. The summed E-state index contributed by atoms with van der Waals surface area (Å²) in [5, 5.41) is 7.37. The average Bonchev–Trinajstić information content (AvgIpc) is 1.89. The molecule has 0 fully saturated rings. The largest absolute Gasteiger partial charge is 0.326 e. The van der Waals surface area contributed by atoms with Gasteiger partial charge in [0.2, 0.25) is 0 Å². The molecule has 3 heteroatoms. The zero-order valence-corrected chi connectivity index (χ0v) is 5.33. The van der Waals surface area contributed by atoms with E-state index in [4.69, 9.17) is 5.73 Å². The van der Waals surface area contributed by atoms with Crippen molar-refractivity contribution >= 4 is 0 Å². The van der Waals surface area contributed by atoms with Gasteiger partial charge in [-0.2, -0.15) is 10.2 Å². The summed E-state index contributed by atoms with van der Waals surface area (Å²) in [5.74, 6) is 0. The first-order valence-corrected chi connectivity index (χ1v) is 2.81. The normalized spacial score (nSPS) is 9.56. The molecule has 0 bridgehead atoms. The Morgan fingerprint density at radius 3 is 2.56 bits per heavy atom. The average molecular weight is 123 g/mol. The number of aromatic nitrogens is 2. The third-order valence-corrected chi connectivity index (χ3v) is 1.26. The van der Waals surface area contributed by atoms with Gasteiger partial charge in [-0.1, -0.05) is 0 Å². The molecule has 0 saturated heterocycles. The van der Waals surface area contributed by atoms with Crippen molar-refractivity contribution in [2.24, 2.45) is 5.73 Å². The molecule has 3 nitrogen and oxygen atoms in total.